The SMILES string of the molecule is Cc1ccc(N/C(=N/S(C)(=O)=O)Nc2c(C)cc(C)cc2C)c(C)c1. The lowest BCUT2D eigenvalue weighted by Crippen LogP contribution is -2.25. The lowest BCUT2D eigenvalue weighted by Gasteiger charge is -2.17. The van der Waals surface area contributed by atoms with E-state index in [2.05, 4.69) is 15.0 Å². The third-order valence-corrected chi connectivity index (χ3v) is 4.33. The molecule has 0 aliphatic heterocycles. The highest BCUT2D eigenvalue weighted by Crippen LogP contribution is 2.23. The van der Waals surface area contributed by atoms with Crippen LogP contribution >= 0.6 is 0 Å². The van der Waals surface area contributed by atoms with Crippen molar-refractivity contribution in [2.24, 2.45) is 4.40 Å². The van der Waals surface area contributed by atoms with Gasteiger partial charge < -0.3 is 10.6 Å². The van der Waals surface area contributed by atoms with Gasteiger partial charge in [-0.15, -0.1) is 4.40 Å². The maximum Gasteiger partial charge on any atom is 0.253 e. The van der Waals surface area contributed by atoms with Gasteiger partial charge in [-0.05, 0) is 57.4 Å². The molecular weight excluding hydrogens is 334 g/mol. The van der Waals surface area contributed by atoms with Crippen molar-refractivity contribution in [2.75, 3.05) is 16.9 Å². The highest BCUT2D eigenvalue weighted by molar-refractivity contribution is 7.89. The van der Waals surface area contributed by atoms with Crippen LogP contribution in [0.3, 0.4) is 0 Å². The predicted molar refractivity (Wildman–Crippen MR) is 106 cm³/mol. The van der Waals surface area contributed by atoms with Crippen molar-refractivity contribution in [1.29, 1.82) is 0 Å². The molecular formula is C19H25N3O2S. The predicted octanol–water partition coefficient (Wildman–Crippen LogP) is 4.07. The molecule has 0 aromatic heterocycles. The van der Waals surface area contributed by atoms with Crippen LogP contribution in [0.1, 0.15) is 27.8 Å². The molecule has 2 aromatic carbocycles. The van der Waals surface area contributed by atoms with Crippen LogP contribution in [0.4, 0.5) is 11.4 Å². The van der Waals surface area contributed by atoms with E-state index >= 15 is 0 Å². The Kier molecular flexibility index (Phi) is 5.52. The van der Waals surface area contributed by atoms with Gasteiger partial charge in [-0.2, -0.15) is 0 Å². The van der Waals surface area contributed by atoms with E-state index in [1.807, 2.05) is 65.0 Å². The molecule has 0 spiro atoms. The number of guanidine groups is 1. The number of nitrogens with zero attached hydrogens (tertiary/aromatic N) is 1. The smallest absolute Gasteiger partial charge is 0.253 e. The zero-order chi connectivity index (χ0) is 18.8. The summed E-state index contributed by atoms with van der Waals surface area (Å²) in [5, 5.41) is 6.26. The molecule has 25 heavy (non-hydrogen) atoms. The number of rotatable bonds is 3. The maximum atomic E-state index is 11.7. The minimum Gasteiger partial charge on any atom is -0.325 e. The Morgan fingerprint density at radius 2 is 1.40 bits per heavy atom. The van der Waals surface area contributed by atoms with Crippen molar-refractivity contribution < 1.29 is 8.42 Å². The van der Waals surface area contributed by atoms with E-state index in [1.165, 1.54) is 0 Å². The molecule has 0 amide bonds. The van der Waals surface area contributed by atoms with Crippen LogP contribution in [0, 0.1) is 34.6 Å². The van der Waals surface area contributed by atoms with E-state index in [-0.39, 0.29) is 5.96 Å². The van der Waals surface area contributed by atoms with Gasteiger partial charge in [0.2, 0.25) is 5.96 Å². The van der Waals surface area contributed by atoms with Crippen molar-refractivity contribution in [3.8, 4) is 0 Å². The van der Waals surface area contributed by atoms with E-state index in [4.69, 9.17) is 0 Å². The molecule has 0 fully saturated rings. The molecule has 0 aliphatic carbocycles. The van der Waals surface area contributed by atoms with Crippen LogP contribution in [-0.2, 0) is 10.0 Å². The fourth-order valence-corrected chi connectivity index (χ4v) is 3.24. The lowest BCUT2D eigenvalue weighted by atomic mass is 10.1. The van der Waals surface area contributed by atoms with Gasteiger partial charge in [-0.25, -0.2) is 8.42 Å². The fourth-order valence-electron chi connectivity index (χ4n) is 2.82. The molecule has 0 saturated carbocycles. The molecule has 0 atom stereocenters. The minimum atomic E-state index is -3.56. The molecule has 0 bridgehead atoms. The molecule has 0 aliphatic rings. The first-order valence-corrected chi connectivity index (χ1v) is 9.89. The summed E-state index contributed by atoms with van der Waals surface area (Å²) in [6.45, 7) is 9.98. The summed E-state index contributed by atoms with van der Waals surface area (Å²) in [4.78, 5) is 0. The lowest BCUT2D eigenvalue weighted by molar-refractivity contribution is 0.603. The van der Waals surface area contributed by atoms with E-state index in [0.717, 1.165) is 45.4 Å². The molecule has 0 unspecified atom stereocenters. The van der Waals surface area contributed by atoms with E-state index in [0.29, 0.717) is 0 Å². The van der Waals surface area contributed by atoms with Gasteiger partial charge in [0, 0.05) is 11.4 Å². The van der Waals surface area contributed by atoms with Crippen molar-refractivity contribution in [1.82, 2.24) is 0 Å². The van der Waals surface area contributed by atoms with Gasteiger partial charge in [0.25, 0.3) is 10.0 Å². The van der Waals surface area contributed by atoms with E-state index in [9.17, 15) is 8.42 Å². The molecule has 2 aromatic rings. The summed E-state index contributed by atoms with van der Waals surface area (Å²) in [6.07, 6.45) is 1.08. The van der Waals surface area contributed by atoms with Crippen LogP contribution in [-0.4, -0.2) is 20.6 Å². The average molecular weight is 359 g/mol. The highest BCUT2D eigenvalue weighted by Gasteiger charge is 2.11. The second-order valence-electron chi connectivity index (χ2n) is 6.52. The number of nitrogens with one attached hydrogen (secondary N) is 2. The summed E-state index contributed by atoms with van der Waals surface area (Å²) in [6, 6.07) is 10.0. The van der Waals surface area contributed by atoms with Gasteiger partial charge in [-0.1, -0.05) is 35.4 Å². The number of sulfonamides is 1. The number of aryl methyl sites for hydroxylation is 5. The van der Waals surface area contributed by atoms with Crippen molar-refractivity contribution in [2.45, 2.75) is 34.6 Å². The van der Waals surface area contributed by atoms with Crippen molar-refractivity contribution in [3.05, 3.63) is 58.1 Å². The Bertz CT molecular complexity index is 909. The molecule has 6 heteroatoms. The largest absolute Gasteiger partial charge is 0.325 e. The Morgan fingerprint density at radius 1 is 0.840 bits per heavy atom. The Labute approximate surface area is 150 Å². The number of anilines is 2. The number of hydrogen-bond donors (Lipinski definition) is 2. The Balaban J connectivity index is 2.43. The summed E-state index contributed by atoms with van der Waals surface area (Å²) in [7, 11) is -3.56. The summed E-state index contributed by atoms with van der Waals surface area (Å²) < 4.78 is 27.3. The molecule has 0 heterocycles. The van der Waals surface area contributed by atoms with Gasteiger partial charge in [0.05, 0.1) is 6.26 Å². The number of benzene rings is 2. The molecule has 0 saturated heterocycles. The van der Waals surface area contributed by atoms with Gasteiger partial charge >= 0.3 is 0 Å². The second-order valence-corrected chi connectivity index (χ2v) is 8.16. The number of hydrogen-bond acceptors (Lipinski definition) is 2. The zero-order valence-corrected chi connectivity index (χ0v) is 16.4. The highest BCUT2D eigenvalue weighted by atomic mass is 32.2. The van der Waals surface area contributed by atoms with Crippen molar-refractivity contribution >= 4 is 27.4 Å². The fraction of sp³-hybridized carbons (Fsp3) is 0.316. The third kappa shape index (κ3) is 5.32. The van der Waals surface area contributed by atoms with Crippen LogP contribution < -0.4 is 10.6 Å². The zero-order valence-electron chi connectivity index (χ0n) is 15.6. The van der Waals surface area contributed by atoms with Gasteiger partial charge in [-0.3, -0.25) is 0 Å². The first-order chi connectivity index (χ1) is 11.5. The first kappa shape index (κ1) is 19.0. The second kappa shape index (κ2) is 7.27. The Hall–Kier alpha value is -2.34. The minimum absolute atomic E-state index is 0.185. The van der Waals surface area contributed by atoms with Crippen LogP contribution in [0.2, 0.25) is 0 Å². The quantitative estimate of drug-likeness (QED) is 0.640. The molecule has 0 radical (unpaired) electrons. The van der Waals surface area contributed by atoms with E-state index < -0.39 is 10.0 Å². The van der Waals surface area contributed by atoms with E-state index in [1.54, 1.807) is 0 Å². The standard InChI is InChI=1S/C19H25N3O2S/c1-12-7-8-17(14(3)9-12)20-19(22-25(6,23)24)21-18-15(4)10-13(2)11-16(18)5/h7-11H,1-6H3,(H2,20,21,22). The average Bonchev–Trinajstić information content (AvgIpc) is 2.44. The molecule has 2 rings (SSSR count). The summed E-state index contributed by atoms with van der Waals surface area (Å²) in [5.74, 6) is 0.185. The maximum absolute atomic E-state index is 11.7. The van der Waals surface area contributed by atoms with Crippen LogP contribution in [0.5, 0.6) is 0 Å². The van der Waals surface area contributed by atoms with Gasteiger partial charge in [0.1, 0.15) is 0 Å². The van der Waals surface area contributed by atoms with Gasteiger partial charge in [0.15, 0.2) is 0 Å². The Morgan fingerprint density at radius 3 is 1.92 bits per heavy atom. The topological polar surface area (TPSA) is 70.6 Å². The summed E-state index contributed by atoms with van der Waals surface area (Å²) >= 11 is 0. The molecule has 5 nitrogen and oxygen atoms in total. The van der Waals surface area contributed by atoms with Crippen molar-refractivity contribution in [3.63, 3.8) is 0 Å². The monoisotopic (exact) mass is 359 g/mol. The van der Waals surface area contributed by atoms with Crippen LogP contribution in [0.15, 0.2) is 34.7 Å². The molecule has 2 N–H and O–H groups in total. The normalized spacial score (nSPS) is 12.2. The van der Waals surface area contributed by atoms with Crippen LogP contribution in [0.25, 0.3) is 0 Å². The summed E-state index contributed by atoms with van der Waals surface area (Å²) in [5.41, 5.74) is 7.03. The third-order valence-electron chi connectivity index (χ3n) is 3.81. The first-order valence-electron chi connectivity index (χ1n) is 8.04. The molecule has 134 valence electrons.